The lowest BCUT2D eigenvalue weighted by Crippen LogP contribution is -2.54. The lowest BCUT2D eigenvalue weighted by Gasteiger charge is -2.56. The number of nitrogens with zero attached hydrogens (tertiary/aromatic N) is 3. The fraction of sp³-hybridized carbons (Fsp3) is 0.486. The molecule has 0 bridgehead atoms. The van der Waals surface area contributed by atoms with Gasteiger partial charge in [0, 0.05) is 67.8 Å². The molecule has 1 saturated carbocycles. The molecule has 3 saturated heterocycles. The highest BCUT2D eigenvalue weighted by atomic mass is 35.5. The predicted octanol–water partition coefficient (Wildman–Crippen LogP) is 6.70. The predicted molar refractivity (Wildman–Crippen MR) is 195 cm³/mol. The molecule has 3 aromatic rings. The van der Waals surface area contributed by atoms with Crippen molar-refractivity contribution in [1.82, 2.24) is 9.62 Å². The first-order valence-corrected chi connectivity index (χ1v) is 19.1. The fourth-order valence-corrected chi connectivity index (χ4v) is 9.37. The van der Waals surface area contributed by atoms with Crippen LogP contribution in [0, 0.1) is 27.3 Å². The number of likely N-dealkylation sites (tertiary alicyclic amines) is 1. The number of nitro groups is 1. The van der Waals surface area contributed by atoms with Crippen molar-refractivity contribution in [3.63, 3.8) is 0 Å². The molecule has 274 valence electrons. The highest BCUT2D eigenvalue weighted by molar-refractivity contribution is 7.90. The van der Waals surface area contributed by atoms with Gasteiger partial charge in [-0.15, -0.1) is 12.4 Å². The van der Waals surface area contributed by atoms with Crippen molar-refractivity contribution >= 4 is 45.4 Å². The van der Waals surface area contributed by atoms with Gasteiger partial charge in [-0.05, 0) is 112 Å². The Balaban J connectivity index is 0.00000448. The van der Waals surface area contributed by atoms with Crippen LogP contribution in [0.4, 0.5) is 21.5 Å². The topological polar surface area (TPSA) is 134 Å². The van der Waals surface area contributed by atoms with Gasteiger partial charge in [0.15, 0.2) is 0 Å². The summed E-state index contributed by atoms with van der Waals surface area (Å²) in [4.78, 5) is 28.6. The van der Waals surface area contributed by atoms with Crippen molar-refractivity contribution in [2.45, 2.75) is 68.3 Å². The summed E-state index contributed by atoms with van der Waals surface area (Å²) in [7, 11) is -4.37. The van der Waals surface area contributed by atoms with Crippen LogP contribution in [0.1, 0.15) is 73.3 Å². The van der Waals surface area contributed by atoms with Gasteiger partial charge in [0.05, 0.1) is 9.82 Å². The van der Waals surface area contributed by atoms with Gasteiger partial charge in [-0.1, -0.05) is 18.2 Å². The van der Waals surface area contributed by atoms with Crippen molar-refractivity contribution in [3.05, 3.63) is 93.8 Å². The molecular weight excluding hydrogens is 697 g/mol. The molecule has 14 heteroatoms. The number of anilines is 2. The number of hydrogen-bond acceptors (Lipinski definition) is 9. The van der Waals surface area contributed by atoms with E-state index in [4.69, 9.17) is 4.74 Å². The van der Waals surface area contributed by atoms with E-state index in [0.29, 0.717) is 37.1 Å². The van der Waals surface area contributed by atoms with Crippen LogP contribution in [0.3, 0.4) is 0 Å². The van der Waals surface area contributed by atoms with Gasteiger partial charge in [-0.3, -0.25) is 19.8 Å². The second-order valence-electron chi connectivity index (χ2n) is 14.3. The van der Waals surface area contributed by atoms with Crippen LogP contribution >= 0.6 is 12.4 Å². The van der Waals surface area contributed by atoms with Gasteiger partial charge < -0.3 is 15.0 Å². The van der Waals surface area contributed by atoms with Gasteiger partial charge in [0.25, 0.3) is 21.6 Å². The molecule has 11 nitrogen and oxygen atoms in total. The second-order valence-corrected chi connectivity index (χ2v) is 16.0. The maximum Gasteiger partial charge on any atom is 0.293 e. The third kappa shape index (κ3) is 8.01. The average Bonchev–Trinajstić information content (AvgIpc) is 3.59. The monoisotopic (exact) mass is 741 g/mol. The van der Waals surface area contributed by atoms with E-state index in [9.17, 15) is 27.7 Å². The number of amides is 1. The Labute approximate surface area is 304 Å². The van der Waals surface area contributed by atoms with E-state index < -0.39 is 20.9 Å². The van der Waals surface area contributed by atoms with Crippen molar-refractivity contribution < 1.29 is 27.3 Å². The summed E-state index contributed by atoms with van der Waals surface area (Å²) in [6.45, 7) is 4.61. The number of nitrogens with one attached hydrogen (secondary N) is 2. The highest BCUT2D eigenvalue weighted by Gasteiger charge is 2.50. The zero-order valence-corrected chi connectivity index (χ0v) is 30.1. The summed E-state index contributed by atoms with van der Waals surface area (Å²) in [5, 5.41) is 14.9. The van der Waals surface area contributed by atoms with Crippen LogP contribution in [-0.4, -0.2) is 69.6 Å². The summed E-state index contributed by atoms with van der Waals surface area (Å²) in [5.74, 6) is -0.612. The summed E-state index contributed by atoms with van der Waals surface area (Å²) >= 11 is 0. The summed E-state index contributed by atoms with van der Waals surface area (Å²) in [6, 6.07) is 18.3. The van der Waals surface area contributed by atoms with Crippen LogP contribution in [0.25, 0.3) is 0 Å². The first-order chi connectivity index (χ1) is 24.1. The van der Waals surface area contributed by atoms with Crippen molar-refractivity contribution in [1.29, 1.82) is 0 Å². The first kappa shape index (κ1) is 37.0. The minimum atomic E-state index is -4.37. The molecule has 3 heterocycles. The van der Waals surface area contributed by atoms with Gasteiger partial charge in [-0.25, -0.2) is 17.5 Å². The Bertz CT molecular complexity index is 1830. The van der Waals surface area contributed by atoms with E-state index in [2.05, 4.69) is 19.8 Å². The SMILES string of the molecule is Cl.O=C(NS(=O)(=O)c1ccc(NCC2CCOCC2)c([N+](=O)[O-])c1)c1ccc(N2CCC3(CC2)CC(N2CCC[C@H]2c2ccccc2F)C3)cc1. The largest absolute Gasteiger partial charge is 0.381 e. The van der Waals surface area contributed by atoms with Crippen LogP contribution in [0.2, 0.25) is 0 Å². The summed E-state index contributed by atoms with van der Waals surface area (Å²) in [6.07, 6.45) is 8.20. The third-order valence-corrected chi connectivity index (χ3v) is 12.6. The molecule has 1 amide bonds. The third-order valence-electron chi connectivity index (χ3n) is 11.3. The molecule has 2 N–H and O–H groups in total. The molecule has 3 aliphatic heterocycles. The number of rotatable bonds is 10. The van der Waals surface area contributed by atoms with Crippen molar-refractivity contribution in [2.24, 2.45) is 11.3 Å². The van der Waals surface area contributed by atoms with Crippen LogP contribution in [-0.2, 0) is 14.8 Å². The molecule has 0 radical (unpaired) electrons. The van der Waals surface area contributed by atoms with E-state index in [0.717, 1.165) is 88.3 Å². The summed E-state index contributed by atoms with van der Waals surface area (Å²) < 4.78 is 48.2. The number of nitro benzene ring substituents is 1. The van der Waals surface area contributed by atoms with Gasteiger partial charge in [0.2, 0.25) is 0 Å². The molecular formula is C37H45ClFN5O6S. The molecule has 1 atom stereocenters. The molecule has 4 fully saturated rings. The maximum absolute atomic E-state index is 14.6. The maximum atomic E-state index is 14.6. The number of piperidine rings is 1. The Kier molecular flexibility index (Phi) is 11.2. The number of sulfonamides is 1. The number of benzene rings is 3. The minimum absolute atomic E-state index is 0. The molecule has 1 aliphatic carbocycles. The quantitative estimate of drug-likeness (QED) is 0.172. The standard InChI is InChI=1S/C37H44FN5O6S.ClH/c38-32-5-2-1-4-31(32)34-6-3-17-42(34)29-23-37(24-29)15-18-41(19-16-37)28-9-7-27(8-10-28)36(44)40-50(47,48)30-11-12-33(35(22-30)43(45)46)39-25-26-13-20-49-21-14-26;/h1-2,4-5,7-12,22,26,29,34,39H,3,6,13-21,23-25H2,(H,40,44);1H/t34-;/m0./s1. The first-order valence-electron chi connectivity index (χ1n) is 17.6. The van der Waals surface area contributed by atoms with Crippen LogP contribution in [0.5, 0.6) is 0 Å². The summed E-state index contributed by atoms with van der Waals surface area (Å²) in [5.41, 5.74) is 2.12. The number of carbonyl (C=O) groups is 1. The normalized spacial score (nSPS) is 21.1. The van der Waals surface area contributed by atoms with Gasteiger partial charge in [0.1, 0.15) is 11.5 Å². The minimum Gasteiger partial charge on any atom is -0.381 e. The molecule has 0 aromatic heterocycles. The zero-order valence-electron chi connectivity index (χ0n) is 28.5. The Morgan fingerprint density at radius 3 is 2.37 bits per heavy atom. The number of halogens is 2. The number of carbonyl (C=O) groups excluding carboxylic acids is 1. The molecule has 0 unspecified atom stereocenters. The Hall–Kier alpha value is -3.78. The van der Waals surface area contributed by atoms with E-state index in [1.165, 1.54) is 12.1 Å². The van der Waals surface area contributed by atoms with Crippen molar-refractivity contribution in [2.75, 3.05) is 49.6 Å². The van der Waals surface area contributed by atoms with Gasteiger partial charge >= 0.3 is 0 Å². The van der Waals surface area contributed by atoms with Crippen LogP contribution in [0.15, 0.2) is 71.6 Å². The molecule has 7 rings (SSSR count). The molecule has 3 aromatic carbocycles. The Morgan fingerprint density at radius 2 is 1.69 bits per heavy atom. The fourth-order valence-electron chi connectivity index (χ4n) is 8.37. The number of hydrogen-bond donors (Lipinski definition) is 2. The Morgan fingerprint density at radius 1 is 0.980 bits per heavy atom. The van der Waals surface area contributed by atoms with Crippen molar-refractivity contribution in [3.8, 4) is 0 Å². The zero-order chi connectivity index (χ0) is 34.9. The average molecular weight is 742 g/mol. The van der Waals surface area contributed by atoms with Gasteiger partial charge in [-0.2, -0.15) is 0 Å². The molecule has 4 aliphatic rings. The second kappa shape index (κ2) is 15.4. The molecule has 1 spiro atoms. The molecule has 51 heavy (non-hydrogen) atoms. The van der Waals surface area contributed by atoms with E-state index in [1.807, 2.05) is 24.3 Å². The smallest absolute Gasteiger partial charge is 0.293 e. The van der Waals surface area contributed by atoms with E-state index >= 15 is 0 Å². The highest BCUT2D eigenvalue weighted by Crippen LogP contribution is 2.54. The lowest BCUT2D eigenvalue weighted by molar-refractivity contribution is -0.384. The van der Waals surface area contributed by atoms with E-state index in [-0.39, 0.29) is 46.1 Å². The van der Waals surface area contributed by atoms with E-state index in [1.54, 1.807) is 24.3 Å². The lowest BCUT2D eigenvalue weighted by atomic mass is 9.60. The number of ether oxygens (including phenoxy) is 1. The van der Waals surface area contributed by atoms with Crippen LogP contribution < -0.4 is 14.9 Å².